The lowest BCUT2D eigenvalue weighted by Gasteiger charge is -2.40. The Kier molecular flexibility index (Phi) is 4.81. The molecule has 4 heteroatoms. The number of hydrogen-bond acceptors (Lipinski definition) is 1. The van der Waals surface area contributed by atoms with Crippen molar-refractivity contribution in [1.82, 2.24) is 0 Å². The van der Waals surface area contributed by atoms with Crippen molar-refractivity contribution in [3.8, 4) is 0 Å². The van der Waals surface area contributed by atoms with Gasteiger partial charge in [-0.25, -0.2) is 0 Å². The van der Waals surface area contributed by atoms with E-state index >= 15 is 0 Å². The van der Waals surface area contributed by atoms with Crippen LogP contribution in [0.25, 0.3) is 0 Å². The standard InChI is InChI=1S/C17H23ClN2O/c18-14-7-9-15(10-8-14)19-17(21)12-20-11-3-5-13-4-1-2-6-16(13)20/h7-10,13,16H,1-6,11-12H2,(H,19,21)/p+1/t13-,16-/m0/s1. The molecule has 0 bridgehead atoms. The predicted molar refractivity (Wildman–Crippen MR) is 85.8 cm³/mol. The number of nitrogens with one attached hydrogen (secondary N) is 2. The lowest BCUT2D eigenvalue weighted by atomic mass is 9.78. The van der Waals surface area contributed by atoms with Gasteiger partial charge in [-0.3, -0.25) is 4.79 Å². The van der Waals surface area contributed by atoms with E-state index in [2.05, 4.69) is 5.32 Å². The van der Waals surface area contributed by atoms with Gasteiger partial charge >= 0.3 is 0 Å². The van der Waals surface area contributed by atoms with E-state index in [1.54, 1.807) is 0 Å². The Hall–Kier alpha value is -1.06. The van der Waals surface area contributed by atoms with Crippen molar-refractivity contribution in [2.24, 2.45) is 5.92 Å². The third kappa shape index (κ3) is 3.78. The maximum absolute atomic E-state index is 12.3. The van der Waals surface area contributed by atoms with Crippen LogP contribution in [-0.4, -0.2) is 25.0 Å². The topological polar surface area (TPSA) is 33.5 Å². The number of hydrogen-bond donors (Lipinski definition) is 2. The van der Waals surface area contributed by atoms with Gasteiger partial charge in [0.15, 0.2) is 6.54 Å². The second kappa shape index (κ2) is 6.80. The Labute approximate surface area is 131 Å². The van der Waals surface area contributed by atoms with Crippen LogP contribution in [-0.2, 0) is 4.79 Å². The molecule has 114 valence electrons. The van der Waals surface area contributed by atoms with Gasteiger partial charge in [-0.2, -0.15) is 0 Å². The zero-order chi connectivity index (χ0) is 14.7. The molecule has 2 N–H and O–H groups in total. The average molecular weight is 308 g/mol. The van der Waals surface area contributed by atoms with Gasteiger partial charge in [-0.15, -0.1) is 0 Å². The summed E-state index contributed by atoms with van der Waals surface area (Å²) in [5.74, 6) is 0.976. The number of halogens is 1. The van der Waals surface area contributed by atoms with Crippen LogP contribution in [0.3, 0.4) is 0 Å². The van der Waals surface area contributed by atoms with Crippen molar-refractivity contribution in [3.05, 3.63) is 29.3 Å². The molecule has 3 nitrogen and oxygen atoms in total. The molecule has 1 saturated carbocycles. The molecule has 1 aromatic rings. The molecule has 1 unspecified atom stereocenters. The van der Waals surface area contributed by atoms with Gasteiger partial charge in [0.2, 0.25) is 0 Å². The summed E-state index contributed by atoms with van der Waals surface area (Å²) in [5.41, 5.74) is 0.834. The minimum atomic E-state index is 0.124. The first-order chi connectivity index (χ1) is 10.2. The summed E-state index contributed by atoms with van der Waals surface area (Å²) in [6.07, 6.45) is 8.02. The molecule has 1 aliphatic carbocycles. The first kappa shape index (κ1) is 14.9. The highest BCUT2D eigenvalue weighted by Gasteiger charge is 2.37. The monoisotopic (exact) mass is 307 g/mol. The highest BCUT2D eigenvalue weighted by atomic mass is 35.5. The van der Waals surface area contributed by atoms with Crippen molar-refractivity contribution in [2.45, 2.75) is 44.6 Å². The van der Waals surface area contributed by atoms with Crippen molar-refractivity contribution >= 4 is 23.2 Å². The van der Waals surface area contributed by atoms with Gasteiger partial charge in [0.25, 0.3) is 5.91 Å². The smallest absolute Gasteiger partial charge is 0.279 e. The maximum atomic E-state index is 12.3. The van der Waals surface area contributed by atoms with E-state index in [4.69, 9.17) is 11.6 Å². The van der Waals surface area contributed by atoms with Crippen LogP contribution in [0.2, 0.25) is 5.02 Å². The van der Waals surface area contributed by atoms with E-state index < -0.39 is 0 Å². The first-order valence-electron chi connectivity index (χ1n) is 8.12. The number of quaternary nitrogens is 1. The third-order valence-corrected chi connectivity index (χ3v) is 5.27. The molecule has 1 heterocycles. The second-order valence-electron chi connectivity index (χ2n) is 6.43. The molecule has 21 heavy (non-hydrogen) atoms. The molecular formula is C17H24ClN2O+. The fourth-order valence-electron chi connectivity index (χ4n) is 4.03. The summed E-state index contributed by atoms with van der Waals surface area (Å²) in [6, 6.07) is 8.04. The van der Waals surface area contributed by atoms with Crippen LogP contribution in [0.1, 0.15) is 38.5 Å². The summed E-state index contributed by atoms with van der Waals surface area (Å²) in [4.78, 5) is 13.8. The fraction of sp³-hybridized carbons (Fsp3) is 0.588. The first-order valence-corrected chi connectivity index (χ1v) is 8.50. The number of amides is 1. The highest BCUT2D eigenvalue weighted by molar-refractivity contribution is 6.30. The van der Waals surface area contributed by atoms with Gasteiger partial charge in [-0.05, 0) is 56.4 Å². The zero-order valence-electron chi connectivity index (χ0n) is 12.4. The van der Waals surface area contributed by atoms with Crippen LogP contribution < -0.4 is 10.2 Å². The third-order valence-electron chi connectivity index (χ3n) is 5.02. The number of rotatable bonds is 3. The largest absolute Gasteiger partial charge is 0.324 e. The van der Waals surface area contributed by atoms with Gasteiger partial charge in [-0.1, -0.05) is 18.0 Å². The second-order valence-corrected chi connectivity index (χ2v) is 6.87. The Morgan fingerprint density at radius 3 is 2.67 bits per heavy atom. The lowest BCUT2D eigenvalue weighted by Crippen LogP contribution is -3.18. The zero-order valence-corrected chi connectivity index (χ0v) is 13.2. The Balaban J connectivity index is 1.57. The molecule has 1 amide bonds. The van der Waals surface area contributed by atoms with Crippen molar-refractivity contribution < 1.29 is 9.69 Å². The van der Waals surface area contributed by atoms with Crippen LogP contribution in [0.5, 0.6) is 0 Å². The van der Waals surface area contributed by atoms with E-state index in [1.807, 2.05) is 24.3 Å². The Morgan fingerprint density at radius 2 is 1.86 bits per heavy atom. The Morgan fingerprint density at radius 1 is 1.14 bits per heavy atom. The van der Waals surface area contributed by atoms with Gasteiger partial charge in [0.05, 0.1) is 12.6 Å². The highest BCUT2D eigenvalue weighted by Crippen LogP contribution is 2.28. The van der Waals surface area contributed by atoms with E-state index in [-0.39, 0.29) is 5.91 Å². The summed E-state index contributed by atoms with van der Waals surface area (Å²) >= 11 is 5.86. The maximum Gasteiger partial charge on any atom is 0.279 e. The van der Waals surface area contributed by atoms with Gasteiger partial charge in [0.1, 0.15) is 0 Å². The van der Waals surface area contributed by atoms with Crippen molar-refractivity contribution in [1.29, 1.82) is 0 Å². The summed E-state index contributed by atoms with van der Waals surface area (Å²) in [7, 11) is 0. The van der Waals surface area contributed by atoms with E-state index in [9.17, 15) is 4.79 Å². The van der Waals surface area contributed by atoms with Gasteiger partial charge < -0.3 is 10.2 Å². The molecule has 1 saturated heterocycles. The number of carbonyl (C=O) groups excluding carboxylic acids is 1. The van der Waals surface area contributed by atoms with E-state index in [0.717, 1.165) is 18.2 Å². The van der Waals surface area contributed by atoms with Gasteiger partial charge in [0, 0.05) is 16.6 Å². The van der Waals surface area contributed by atoms with Crippen LogP contribution in [0.15, 0.2) is 24.3 Å². The number of likely N-dealkylation sites (tertiary alicyclic amines) is 1. The molecule has 0 spiro atoms. The van der Waals surface area contributed by atoms with Crippen LogP contribution >= 0.6 is 11.6 Å². The minimum absolute atomic E-state index is 0.124. The average Bonchev–Trinajstić information content (AvgIpc) is 2.50. The molecule has 3 atom stereocenters. The summed E-state index contributed by atoms with van der Waals surface area (Å²) < 4.78 is 0. The predicted octanol–water partition coefficient (Wildman–Crippen LogP) is 2.52. The normalized spacial score (nSPS) is 28.7. The number of benzene rings is 1. The molecule has 0 radical (unpaired) electrons. The molecule has 0 aromatic heterocycles. The van der Waals surface area contributed by atoms with Crippen molar-refractivity contribution in [3.63, 3.8) is 0 Å². The molecule has 2 aliphatic rings. The van der Waals surface area contributed by atoms with E-state index in [1.165, 1.54) is 43.4 Å². The van der Waals surface area contributed by atoms with Crippen molar-refractivity contribution in [2.75, 3.05) is 18.4 Å². The molecule has 1 aromatic carbocycles. The molecule has 3 rings (SSSR count). The number of piperidine rings is 1. The summed E-state index contributed by atoms with van der Waals surface area (Å²) in [6.45, 7) is 1.75. The fourth-order valence-corrected chi connectivity index (χ4v) is 4.16. The van der Waals surface area contributed by atoms with Crippen LogP contribution in [0.4, 0.5) is 5.69 Å². The lowest BCUT2D eigenvalue weighted by molar-refractivity contribution is -0.928. The minimum Gasteiger partial charge on any atom is -0.324 e. The quantitative estimate of drug-likeness (QED) is 0.884. The van der Waals surface area contributed by atoms with E-state index in [0.29, 0.717) is 17.6 Å². The SMILES string of the molecule is O=C(C[NH+]1CCC[C@@H]2CCCC[C@@H]21)Nc1ccc(Cl)cc1. The number of fused-ring (bicyclic) bond motifs is 1. The number of anilines is 1. The molecule has 1 aliphatic heterocycles. The molecule has 2 fully saturated rings. The Bertz CT molecular complexity index is 486. The van der Waals surface area contributed by atoms with Crippen LogP contribution in [0, 0.1) is 5.92 Å². The molecular weight excluding hydrogens is 284 g/mol. The number of carbonyl (C=O) groups is 1. The summed E-state index contributed by atoms with van der Waals surface area (Å²) in [5, 5.41) is 3.69.